The van der Waals surface area contributed by atoms with Gasteiger partial charge in [-0.25, -0.2) is 9.13 Å². The van der Waals surface area contributed by atoms with Crippen molar-refractivity contribution in [1.82, 2.24) is 0 Å². The third-order valence-electron chi connectivity index (χ3n) is 20.9. The molecular formula is C86H168O17P2. The van der Waals surface area contributed by atoms with Crippen LogP contribution in [0.25, 0.3) is 0 Å². The van der Waals surface area contributed by atoms with E-state index in [1.165, 1.54) is 263 Å². The van der Waals surface area contributed by atoms with Crippen molar-refractivity contribution >= 4 is 39.5 Å². The Morgan fingerprint density at radius 3 is 0.676 bits per heavy atom. The van der Waals surface area contributed by atoms with Gasteiger partial charge < -0.3 is 33.8 Å². The molecule has 0 aliphatic carbocycles. The van der Waals surface area contributed by atoms with E-state index in [1.807, 2.05) is 0 Å². The number of carbonyl (C=O) groups excluding carboxylic acids is 4. The summed E-state index contributed by atoms with van der Waals surface area (Å²) in [5, 5.41) is 10.7. The molecule has 19 heteroatoms. The van der Waals surface area contributed by atoms with Crippen molar-refractivity contribution in [2.45, 2.75) is 477 Å². The summed E-state index contributed by atoms with van der Waals surface area (Å²) in [5.74, 6) is -0.412. The summed E-state index contributed by atoms with van der Waals surface area (Å²) in [6.07, 6.45) is 69.6. The Balaban J connectivity index is 5.16. The second-order valence-electron chi connectivity index (χ2n) is 31.4. The van der Waals surface area contributed by atoms with Gasteiger partial charge in [-0.3, -0.25) is 37.3 Å². The molecule has 0 aromatic carbocycles. The fourth-order valence-corrected chi connectivity index (χ4v) is 14.9. The van der Waals surface area contributed by atoms with Crippen LogP contribution in [0.2, 0.25) is 0 Å². The molecule has 0 radical (unpaired) electrons. The number of esters is 4. The van der Waals surface area contributed by atoms with Gasteiger partial charge >= 0.3 is 39.5 Å². The quantitative estimate of drug-likeness (QED) is 0.0222. The first-order valence-electron chi connectivity index (χ1n) is 44.6. The summed E-state index contributed by atoms with van der Waals surface area (Å²) >= 11 is 0. The molecule has 0 heterocycles. The van der Waals surface area contributed by atoms with Crippen molar-refractivity contribution in [2.75, 3.05) is 39.6 Å². The molecule has 624 valence electrons. The van der Waals surface area contributed by atoms with Crippen LogP contribution in [0.4, 0.5) is 0 Å². The van der Waals surface area contributed by atoms with Crippen molar-refractivity contribution in [3.05, 3.63) is 0 Å². The average Bonchev–Trinajstić information content (AvgIpc) is 0.911. The fourth-order valence-electron chi connectivity index (χ4n) is 13.4. The van der Waals surface area contributed by atoms with Gasteiger partial charge in [-0.2, -0.15) is 0 Å². The molecule has 0 aliphatic rings. The molecule has 4 unspecified atom stereocenters. The van der Waals surface area contributed by atoms with E-state index in [2.05, 4.69) is 41.5 Å². The monoisotopic (exact) mass is 1540 g/mol. The topological polar surface area (TPSA) is 237 Å². The minimum atomic E-state index is -4.96. The van der Waals surface area contributed by atoms with Crippen molar-refractivity contribution in [1.29, 1.82) is 0 Å². The van der Waals surface area contributed by atoms with Gasteiger partial charge in [0.25, 0.3) is 0 Å². The number of aliphatic hydroxyl groups is 1. The predicted octanol–water partition coefficient (Wildman–Crippen LogP) is 26.2. The van der Waals surface area contributed by atoms with Gasteiger partial charge in [0.1, 0.15) is 19.3 Å². The van der Waals surface area contributed by atoms with Crippen LogP contribution in [0.1, 0.15) is 459 Å². The highest BCUT2D eigenvalue weighted by atomic mass is 31.2. The highest BCUT2D eigenvalue weighted by Gasteiger charge is 2.30. The van der Waals surface area contributed by atoms with Crippen LogP contribution in [-0.2, 0) is 65.4 Å². The number of hydrogen-bond acceptors (Lipinski definition) is 15. The Morgan fingerprint density at radius 1 is 0.267 bits per heavy atom. The molecule has 3 N–H and O–H groups in total. The summed E-state index contributed by atoms with van der Waals surface area (Å²) in [6.45, 7) is 9.73. The second-order valence-corrected chi connectivity index (χ2v) is 34.3. The number of carbonyl (C=O) groups is 4. The minimum Gasteiger partial charge on any atom is -0.462 e. The number of aliphatic hydroxyl groups excluding tert-OH is 1. The van der Waals surface area contributed by atoms with Crippen LogP contribution in [0.5, 0.6) is 0 Å². The highest BCUT2D eigenvalue weighted by Crippen LogP contribution is 2.45. The molecule has 0 saturated carbocycles. The predicted molar refractivity (Wildman–Crippen MR) is 432 cm³/mol. The molecule has 0 rings (SSSR count). The highest BCUT2D eigenvalue weighted by molar-refractivity contribution is 7.47. The number of phosphoric ester groups is 2. The Bertz CT molecular complexity index is 2010. The van der Waals surface area contributed by atoms with Crippen LogP contribution >= 0.6 is 15.6 Å². The van der Waals surface area contributed by atoms with Gasteiger partial charge in [-0.05, 0) is 37.5 Å². The standard InChI is InChI=1S/C86H168O17P2/c1-7-11-13-15-17-18-19-20-21-22-23-24-25-26-27-28-36-41-46-52-58-64-71-86(91)103-82(75-97-84(89)69-63-57-51-45-40-35-31-29-33-38-43-49-54-60-66-78(5)9-3)77-101-105(94,95)99-73-80(87)72-98-104(92,93)100-76-81(74-96-83(88)68-62-56-48-16-14-12-8-2)102-85(90)70-65-59-53-47-42-37-32-30-34-39-44-50-55-61-67-79(6)10-4/h78-82,87H,7-77H2,1-6H3,(H,92,93)(H,94,95)/t78?,79?,80-,81+,82+/m0/s1. The molecular weight excluding hydrogens is 1370 g/mol. The number of ether oxygens (including phenoxy) is 4. The number of rotatable bonds is 85. The van der Waals surface area contributed by atoms with E-state index in [9.17, 15) is 43.2 Å². The number of phosphoric acid groups is 2. The van der Waals surface area contributed by atoms with E-state index in [1.54, 1.807) is 0 Å². The van der Waals surface area contributed by atoms with Gasteiger partial charge in [-0.1, -0.05) is 408 Å². The molecule has 105 heavy (non-hydrogen) atoms. The van der Waals surface area contributed by atoms with Gasteiger partial charge in [0, 0.05) is 25.7 Å². The Labute approximate surface area is 645 Å². The van der Waals surface area contributed by atoms with Crippen LogP contribution in [0.15, 0.2) is 0 Å². The third-order valence-corrected chi connectivity index (χ3v) is 22.8. The molecule has 0 spiro atoms. The van der Waals surface area contributed by atoms with E-state index >= 15 is 0 Å². The molecule has 0 aliphatic heterocycles. The zero-order valence-corrected chi connectivity index (χ0v) is 70.8. The first-order chi connectivity index (χ1) is 50.9. The summed E-state index contributed by atoms with van der Waals surface area (Å²) < 4.78 is 68.8. The van der Waals surface area contributed by atoms with Crippen LogP contribution in [-0.4, -0.2) is 96.7 Å². The average molecular weight is 1540 g/mol. The lowest BCUT2D eigenvalue weighted by Crippen LogP contribution is -2.30. The summed E-state index contributed by atoms with van der Waals surface area (Å²) in [6, 6.07) is 0. The molecule has 0 amide bonds. The van der Waals surface area contributed by atoms with Crippen LogP contribution in [0, 0.1) is 11.8 Å². The molecule has 0 aromatic heterocycles. The Hall–Kier alpha value is -1.94. The first kappa shape index (κ1) is 103. The Kier molecular flexibility index (Phi) is 76.0. The Morgan fingerprint density at radius 2 is 0.457 bits per heavy atom. The fraction of sp³-hybridized carbons (Fsp3) is 0.953. The smallest absolute Gasteiger partial charge is 0.462 e. The molecule has 0 fully saturated rings. The number of unbranched alkanes of at least 4 members (excludes halogenated alkanes) is 53. The normalized spacial score (nSPS) is 14.3. The van der Waals surface area contributed by atoms with Gasteiger partial charge in [0.05, 0.1) is 26.4 Å². The van der Waals surface area contributed by atoms with Crippen molar-refractivity contribution < 1.29 is 80.2 Å². The zero-order valence-electron chi connectivity index (χ0n) is 69.0. The van der Waals surface area contributed by atoms with Crippen molar-refractivity contribution in [2.24, 2.45) is 11.8 Å². The summed E-state index contributed by atoms with van der Waals surface area (Å²) in [4.78, 5) is 73.1. The summed E-state index contributed by atoms with van der Waals surface area (Å²) in [5.41, 5.74) is 0. The lowest BCUT2D eigenvalue weighted by molar-refractivity contribution is -0.161. The van der Waals surface area contributed by atoms with E-state index < -0.39 is 97.5 Å². The lowest BCUT2D eigenvalue weighted by Gasteiger charge is -2.21. The van der Waals surface area contributed by atoms with E-state index in [4.69, 9.17) is 37.0 Å². The maximum absolute atomic E-state index is 13.1. The molecule has 0 bridgehead atoms. The van der Waals surface area contributed by atoms with E-state index in [0.29, 0.717) is 25.7 Å². The van der Waals surface area contributed by atoms with Gasteiger partial charge in [0.2, 0.25) is 0 Å². The van der Waals surface area contributed by atoms with Crippen LogP contribution < -0.4 is 0 Å². The molecule has 7 atom stereocenters. The van der Waals surface area contributed by atoms with Gasteiger partial charge in [0.15, 0.2) is 12.2 Å². The molecule has 0 saturated heterocycles. The largest absolute Gasteiger partial charge is 0.472 e. The van der Waals surface area contributed by atoms with Crippen LogP contribution in [0.3, 0.4) is 0 Å². The SMILES string of the molecule is CCCCCCCCCCCCCCCCCCCCCCCCC(=O)O[C@H](COC(=O)CCCCCCCCCCCCCCCCC(C)CC)COP(=O)(O)OC[C@@H](O)COP(=O)(O)OC[C@@H](COC(=O)CCCCCCCCC)OC(=O)CCCCCCCCCCCCCCCCC(C)CC. The summed E-state index contributed by atoms with van der Waals surface area (Å²) in [7, 11) is -9.92. The van der Waals surface area contributed by atoms with Crippen molar-refractivity contribution in [3.8, 4) is 0 Å². The maximum atomic E-state index is 13.1. The number of hydrogen-bond donors (Lipinski definition) is 3. The zero-order chi connectivity index (χ0) is 77.1. The first-order valence-corrected chi connectivity index (χ1v) is 47.6. The van der Waals surface area contributed by atoms with Crippen molar-refractivity contribution in [3.63, 3.8) is 0 Å². The second kappa shape index (κ2) is 77.4. The third kappa shape index (κ3) is 77.2. The van der Waals surface area contributed by atoms with E-state index in [0.717, 1.165) is 115 Å². The van der Waals surface area contributed by atoms with E-state index in [-0.39, 0.29) is 25.7 Å². The minimum absolute atomic E-state index is 0.108. The lowest BCUT2D eigenvalue weighted by atomic mass is 9.99. The van der Waals surface area contributed by atoms with Gasteiger partial charge in [-0.15, -0.1) is 0 Å². The molecule has 0 aromatic rings. The molecule has 17 nitrogen and oxygen atoms in total. The maximum Gasteiger partial charge on any atom is 0.472 e.